The normalized spacial score (nSPS) is 10.0. The largest absolute Gasteiger partial charge is 0.491 e. The van der Waals surface area contributed by atoms with E-state index < -0.39 is 34.3 Å². The molecule has 0 saturated carbocycles. The van der Waals surface area contributed by atoms with Crippen molar-refractivity contribution in [2.45, 2.75) is 13.8 Å². The monoisotopic (exact) mass is 299 g/mol. The molecule has 0 unspecified atom stereocenters. The second kappa shape index (κ2) is 6.34. The van der Waals surface area contributed by atoms with Crippen LogP contribution in [0, 0.1) is 11.6 Å². The smallest absolute Gasteiger partial charge is 0.341 e. The van der Waals surface area contributed by atoms with E-state index >= 15 is 0 Å². The number of rotatable bonds is 2. The van der Waals surface area contributed by atoms with Crippen LogP contribution < -0.4 is 10.2 Å². The third kappa shape index (κ3) is 2.72. The number of aryl methyl sites for hydroxylation is 1. The van der Waals surface area contributed by atoms with E-state index in [1.54, 1.807) is 0 Å². The van der Waals surface area contributed by atoms with E-state index in [1.165, 1.54) is 11.6 Å². The highest BCUT2D eigenvalue weighted by Crippen LogP contribution is 2.29. The van der Waals surface area contributed by atoms with Crippen LogP contribution in [0.5, 0.6) is 5.75 Å². The van der Waals surface area contributed by atoms with Gasteiger partial charge in [-0.1, -0.05) is 13.8 Å². The first-order valence-corrected chi connectivity index (χ1v) is 6.17. The Labute approximate surface area is 119 Å². The summed E-state index contributed by atoms with van der Waals surface area (Å²) in [6.45, 7) is 4.00. The fourth-order valence-electron chi connectivity index (χ4n) is 1.92. The summed E-state index contributed by atoms with van der Waals surface area (Å²) in [6, 6.07) is 0.669. The number of hydrogen-bond donors (Lipinski definition) is 1. The van der Waals surface area contributed by atoms with Gasteiger partial charge in [0.2, 0.25) is 11.2 Å². The number of carbonyl (C=O) groups is 1. The maximum Gasteiger partial charge on any atom is 0.341 e. The zero-order valence-corrected chi connectivity index (χ0v) is 12.0. The number of aromatic carboxylic acids is 1. The van der Waals surface area contributed by atoms with Gasteiger partial charge in [-0.05, 0) is 6.07 Å². The Morgan fingerprint density at radius 3 is 2.38 bits per heavy atom. The zero-order chi connectivity index (χ0) is 16.3. The van der Waals surface area contributed by atoms with Gasteiger partial charge < -0.3 is 14.4 Å². The summed E-state index contributed by atoms with van der Waals surface area (Å²) in [4.78, 5) is 22.8. The summed E-state index contributed by atoms with van der Waals surface area (Å²) >= 11 is 0. The number of methoxy groups -OCH3 is 1. The lowest BCUT2D eigenvalue weighted by molar-refractivity contribution is 0.0695. The molecular formula is C14H15F2NO4. The van der Waals surface area contributed by atoms with Crippen molar-refractivity contribution in [3.05, 3.63) is 39.7 Å². The zero-order valence-electron chi connectivity index (χ0n) is 12.0. The molecule has 0 fully saturated rings. The van der Waals surface area contributed by atoms with Gasteiger partial charge in [-0.25, -0.2) is 9.18 Å². The number of nitrogens with zero attached hydrogens (tertiary/aromatic N) is 1. The van der Waals surface area contributed by atoms with E-state index in [0.717, 1.165) is 13.3 Å². The predicted molar refractivity (Wildman–Crippen MR) is 74.0 cm³/mol. The van der Waals surface area contributed by atoms with E-state index in [9.17, 15) is 18.4 Å². The number of aromatic nitrogens is 1. The number of halogens is 2. The minimum Gasteiger partial charge on any atom is -0.491 e. The van der Waals surface area contributed by atoms with E-state index in [2.05, 4.69) is 0 Å². The number of benzene rings is 1. The van der Waals surface area contributed by atoms with Crippen molar-refractivity contribution in [3.63, 3.8) is 0 Å². The highest BCUT2D eigenvalue weighted by Gasteiger charge is 2.21. The van der Waals surface area contributed by atoms with Crippen molar-refractivity contribution in [2.75, 3.05) is 7.11 Å². The molecule has 7 heteroatoms. The average Bonchev–Trinajstić information content (AvgIpc) is 2.46. The van der Waals surface area contributed by atoms with Crippen molar-refractivity contribution in [1.82, 2.24) is 4.57 Å². The first-order valence-electron chi connectivity index (χ1n) is 6.17. The number of hydrogen-bond acceptors (Lipinski definition) is 3. The van der Waals surface area contributed by atoms with E-state index in [1.807, 2.05) is 13.8 Å². The number of fused-ring (bicyclic) bond motifs is 1. The van der Waals surface area contributed by atoms with E-state index in [-0.39, 0.29) is 10.9 Å². The Balaban J connectivity index is 0.00000106. The van der Waals surface area contributed by atoms with Crippen LogP contribution in [-0.4, -0.2) is 22.8 Å². The molecule has 0 amide bonds. The summed E-state index contributed by atoms with van der Waals surface area (Å²) in [5, 5.41) is 8.64. The fraction of sp³-hybridized carbons (Fsp3) is 0.286. The van der Waals surface area contributed by atoms with Crippen molar-refractivity contribution in [3.8, 4) is 5.75 Å². The Bertz CT molecular complexity index is 753. The highest BCUT2D eigenvalue weighted by molar-refractivity contribution is 5.94. The molecule has 0 aliphatic rings. The average molecular weight is 299 g/mol. The highest BCUT2D eigenvalue weighted by atomic mass is 19.2. The molecule has 0 bridgehead atoms. The van der Waals surface area contributed by atoms with Crippen molar-refractivity contribution in [2.24, 2.45) is 7.05 Å². The van der Waals surface area contributed by atoms with Gasteiger partial charge in [-0.15, -0.1) is 0 Å². The van der Waals surface area contributed by atoms with Gasteiger partial charge in [0, 0.05) is 13.2 Å². The summed E-state index contributed by atoms with van der Waals surface area (Å²) in [5.74, 6) is -4.38. The molecule has 5 nitrogen and oxygen atoms in total. The lowest BCUT2D eigenvalue weighted by Crippen LogP contribution is -2.19. The lowest BCUT2D eigenvalue weighted by Gasteiger charge is -2.12. The SMILES string of the molecule is CC.COc1c(F)c(F)cc2c(=O)c(C(=O)O)cn(C)c12. The van der Waals surface area contributed by atoms with Gasteiger partial charge >= 0.3 is 5.97 Å². The molecule has 0 radical (unpaired) electrons. The Morgan fingerprint density at radius 1 is 1.33 bits per heavy atom. The quantitative estimate of drug-likeness (QED) is 0.925. The minimum atomic E-state index is -1.44. The van der Waals surface area contributed by atoms with E-state index in [4.69, 9.17) is 9.84 Å². The molecule has 0 saturated heterocycles. The maximum absolute atomic E-state index is 13.6. The number of ether oxygens (including phenoxy) is 1. The van der Waals surface area contributed by atoms with Crippen LogP contribution >= 0.6 is 0 Å². The predicted octanol–water partition coefficient (Wildman–Crippen LogP) is 2.55. The lowest BCUT2D eigenvalue weighted by atomic mass is 10.1. The molecule has 0 atom stereocenters. The summed E-state index contributed by atoms with van der Waals surface area (Å²) in [6.07, 6.45) is 1.03. The third-order valence-corrected chi connectivity index (χ3v) is 2.75. The van der Waals surface area contributed by atoms with Crippen molar-refractivity contribution in [1.29, 1.82) is 0 Å². The molecule has 0 aliphatic carbocycles. The van der Waals surface area contributed by atoms with Gasteiger partial charge in [0.15, 0.2) is 11.6 Å². The Hall–Kier alpha value is -2.44. The summed E-state index contributed by atoms with van der Waals surface area (Å²) < 4.78 is 32.9. The molecule has 114 valence electrons. The summed E-state index contributed by atoms with van der Waals surface area (Å²) in [7, 11) is 2.54. The van der Waals surface area contributed by atoms with Crippen molar-refractivity contribution >= 4 is 16.9 Å². The topological polar surface area (TPSA) is 68.5 Å². The Morgan fingerprint density at radius 2 is 1.90 bits per heavy atom. The second-order valence-electron chi connectivity index (χ2n) is 3.89. The summed E-state index contributed by atoms with van der Waals surface area (Å²) in [5.41, 5.74) is -1.42. The first-order chi connectivity index (χ1) is 9.88. The van der Waals surface area contributed by atoms with Gasteiger partial charge in [0.1, 0.15) is 5.56 Å². The number of carboxylic acid groups (broad SMARTS) is 1. The standard InChI is InChI=1S/C12H9F2NO4.C2H6/c1-15-4-6(12(17)18)10(16)5-3-7(13)8(14)11(19-2)9(5)15;1-2/h3-4H,1-2H3,(H,17,18);1-2H3. The van der Waals surface area contributed by atoms with Gasteiger partial charge in [0.25, 0.3) is 0 Å². The second-order valence-corrected chi connectivity index (χ2v) is 3.89. The van der Waals surface area contributed by atoms with Crippen LogP contribution in [0.3, 0.4) is 0 Å². The van der Waals surface area contributed by atoms with Crippen LogP contribution in [0.15, 0.2) is 17.1 Å². The maximum atomic E-state index is 13.6. The molecular weight excluding hydrogens is 284 g/mol. The van der Waals surface area contributed by atoms with Gasteiger partial charge in [-0.2, -0.15) is 4.39 Å². The minimum absolute atomic E-state index is 0.00333. The van der Waals surface area contributed by atoms with Gasteiger partial charge in [-0.3, -0.25) is 4.79 Å². The molecule has 1 heterocycles. The van der Waals surface area contributed by atoms with Crippen LogP contribution in [0.1, 0.15) is 24.2 Å². The van der Waals surface area contributed by atoms with Crippen LogP contribution in [-0.2, 0) is 7.05 Å². The molecule has 2 aromatic rings. The number of pyridine rings is 1. The van der Waals surface area contributed by atoms with Crippen LogP contribution in [0.25, 0.3) is 10.9 Å². The Kier molecular flexibility index (Phi) is 5.02. The molecule has 1 aromatic carbocycles. The fourth-order valence-corrected chi connectivity index (χ4v) is 1.92. The molecule has 0 aliphatic heterocycles. The molecule has 2 rings (SSSR count). The van der Waals surface area contributed by atoms with Crippen LogP contribution in [0.4, 0.5) is 8.78 Å². The van der Waals surface area contributed by atoms with Crippen molar-refractivity contribution < 1.29 is 23.4 Å². The first kappa shape index (κ1) is 16.6. The third-order valence-electron chi connectivity index (χ3n) is 2.75. The molecule has 21 heavy (non-hydrogen) atoms. The van der Waals surface area contributed by atoms with Crippen LogP contribution in [0.2, 0.25) is 0 Å². The van der Waals surface area contributed by atoms with Gasteiger partial charge in [0.05, 0.1) is 18.0 Å². The van der Waals surface area contributed by atoms with E-state index in [0.29, 0.717) is 6.07 Å². The molecule has 1 N–H and O–H groups in total. The number of carboxylic acids is 1. The molecule has 0 spiro atoms. The molecule has 1 aromatic heterocycles.